The summed E-state index contributed by atoms with van der Waals surface area (Å²) in [7, 11) is 0. The second kappa shape index (κ2) is 6.41. The molecule has 2 fully saturated rings. The van der Waals surface area contributed by atoms with Crippen LogP contribution in [0.5, 0.6) is 0 Å². The molecular weight excluding hydrogens is 200 g/mol. The van der Waals surface area contributed by atoms with E-state index in [1.165, 1.54) is 38.5 Å². The summed E-state index contributed by atoms with van der Waals surface area (Å²) in [5.74, 6) is 1.50. The monoisotopic (exact) mass is 224 g/mol. The zero-order valence-corrected chi connectivity index (χ0v) is 10.2. The molecule has 0 bridgehead atoms. The predicted octanol–water partition coefficient (Wildman–Crippen LogP) is 3.52. The van der Waals surface area contributed by atoms with Gasteiger partial charge in [-0.1, -0.05) is 6.08 Å². The molecule has 1 saturated carbocycles. The summed E-state index contributed by atoms with van der Waals surface area (Å²) in [5, 5.41) is 0. The van der Waals surface area contributed by atoms with Crippen molar-refractivity contribution in [1.29, 1.82) is 0 Å². The Labute approximate surface area is 99.0 Å². The first-order valence-corrected chi connectivity index (χ1v) is 6.74. The van der Waals surface area contributed by atoms with Gasteiger partial charge >= 0.3 is 0 Å². The van der Waals surface area contributed by atoms with E-state index < -0.39 is 0 Å². The first-order chi connectivity index (χ1) is 7.88. The highest BCUT2D eigenvalue weighted by Gasteiger charge is 2.21. The largest absolute Gasteiger partial charge is 0.353 e. The molecule has 16 heavy (non-hydrogen) atoms. The minimum atomic E-state index is 0.0888. The average molecular weight is 224 g/mol. The van der Waals surface area contributed by atoms with Crippen molar-refractivity contribution in [3.63, 3.8) is 0 Å². The Hall–Kier alpha value is -0.340. The fourth-order valence-electron chi connectivity index (χ4n) is 2.68. The zero-order chi connectivity index (χ0) is 11.2. The molecule has 2 heteroatoms. The summed E-state index contributed by atoms with van der Waals surface area (Å²) in [5.41, 5.74) is 0. The molecule has 2 nitrogen and oxygen atoms in total. The van der Waals surface area contributed by atoms with Gasteiger partial charge in [0.25, 0.3) is 0 Å². The summed E-state index contributed by atoms with van der Waals surface area (Å²) in [6.45, 7) is 5.66. The molecule has 1 atom stereocenters. The van der Waals surface area contributed by atoms with Crippen LogP contribution in [0.25, 0.3) is 0 Å². The van der Waals surface area contributed by atoms with Crippen molar-refractivity contribution in [3.05, 3.63) is 12.7 Å². The molecule has 0 aromatic heterocycles. The van der Waals surface area contributed by atoms with Crippen LogP contribution in [-0.4, -0.2) is 19.5 Å². The van der Waals surface area contributed by atoms with Crippen LogP contribution in [0.15, 0.2) is 12.7 Å². The topological polar surface area (TPSA) is 18.5 Å². The van der Waals surface area contributed by atoms with E-state index in [1.807, 2.05) is 0 Å². The fraction of sp³-hybridized carbons (Fsp3) is 0.857. The van der Waals surface area contributed by atoms with Gasteiger partial charge in [0.2, 0.25) is 0 Å². The van der Waals surface area contributed by atoms with Crippen molar-refractivity contribution in [2.75, 3.05) is 13.2 Å². The molecule has 2 rings (SSSR count). The summed E-state index contributed by atoms with van der Waals surface area (Å²) in [6, 6.07) is 0. The number of hydrogen-bond donors (Lipinski definition) is 0. The van der Waals surface area contributed by atoms with Gasteiger partial charge in [0, 0.05) is 6.61 Å². The normalized spacial score (nSPS) is 35.9. The van der Waals surface area contributed by atoms with E-state index in [-0.39, 0.29) is 6.29 Å². The molecule has 0 aromatic rings. The lowest BCUT2D eigenvalue weighted by Crippen LogP contribution is -2.26. The van der Waals surface area contributed by atoms with E-state index in [2.05, 4.69) is 12.7 Å². The Morgan fingerprint density at radius 3 is 2.56 bits per heavy atom. The molecule has 92 valence electrons. The van der Waals surface area contributed by atoms with Crippen LogP contribution in [0.2, 0.25) is 0 Å². The van der Waals surface area contributed by atoms with Gasteiger partial charge < -0.3 is 9.47 Å². The molecule has 1 aliphatic heterocycles. The van der Waals surface area contributed by atoms with E-state index in [9.17, 15) is 0 Å². The van der Waals surface area contributed by atoms with Gasteiger partial charge in [0.15, 0.2) is 6.29 Å². The summed E-state index contributed by atoms with van der Waals surface area (Å²) < 4.78 is 11.4. The molecule has 2 aliphatic rings. The van der Waals surface area contributed by atoms with Crippen molar-refractivity contribution in [2.45, 2.75) is 51.2 Å². The van der Waals surface area contributed by atoms with Crippen LogP contribution in [0.1, 0.15) is 44.9 Å². The van der Waals surface area contributed by atoms with Crippen LogP contribution in [-0.2, 0) is 9.47 Å². The van der Waals surface area contributed by atoms with Gasteiger partial charge in [-0.2, -0.15) is 0 Å². The van der Waals surface area contributed by atoms with E-state index in [0.29, 0.717) is 0 Å². The van der Waals surface area contributed by atoms with Gasteiger partial charge in [-0.25, -0.2) is 0 Å². The Kier molecular flexibility index (Phi) is 4.86. The van der Waals surface area contributed by atoms with E-state index in [1.54, 1.807) is 0 Å². The zero-order valence-electron chi connectivity index (χ0n) is 10.2. The van der Waals surface area contributed by atoms with E-state index in [0.717, 1.165) is 31.5 Å². The molecule has 1 heterocycles. The summed E-state index contributed by atoms with van der Waals surface area (Å²) in [6.07, 6.45) is 10.9. The minimum Gasteiger partial charge on any atom is -0.353 e. The molecule has 0 radical (unpaired) electrons. The van der Waals surface area contributed by atoms with E-state index in [4.69, 9.17) is 9.47 Å². The van der Waals surface area contributed by atoms with Crippen molar-refractivity contribution >= 4 is 0 Å². The maximum Gasteiger partial charge on any atom is 0.157 e. The smallest absolute Gasteiger partial charge is 0.157 e. The third-order valence-electron chi connectivity index (χ3n) is 3.88. The number of hydrogen-bond acceptors (Lipinski definition) is 2. The maximum absolute atomic E-state index is 5.84. The summed E-state index contributed by atoms with van der Waals surface area (Å²) in [4.78, 5) is 0. The number of rotatable bonds is 4. The first-order valence-electron chi connectivity index (χ1n) is 6.74. The lowest BCUT2D eigenvalue weighted by molar-refractivity contribution is -0.170. The van der Waals surface area contributed by atoms with Crippen molar-refractivity contribution in [1.82, 2.24) is 0 Å². The number of allylic oxidation sites excluding steroid dienone is 1. The summed E-state index contributed by atoms with van der Waals surface area (Å²) >= 11 is 0. The predicted molar refractivity (Wildman–Crippen MR) is 65.2 cm³/mol. The Morgan fingerprint density at radius 2 is 1.94 bits per heavy atom. The minimum absolute atomic E-state index is 0.0888. The maximum atomic E-state index is 5.84. The third-order valence-corrected chi connectivity index (χ3v) is 3.88. The van der Waals surface area contributed by atoms with Crippen LogP contribution < -0.4 is 0 Å². The Balaban J connectivity index is 1.61. The quantitative estimate of drug-likeness (QED) is 0.680. The molecular formula is C14H24O2. The third kappa shape index (κ3) is 3.60. The lowest BCUT2D eigenvalue weighted by Gasteiger charge is -2.29. The molecule has 0 aromatic carbocycles. The van der Waals surface area contributed by atoms with Crippen molar-refractivity contribution in [3.8, 4) is 0 Å². The molecule has 1 unspecified atom stereocenters. The molecule has 0 N–H and O–H groups in total. The van der Waals surface area contributed by atoms with Crippen molar-refractivity contribution < 1.29 is 9.47 Å². The van der Waals surface area contributed by atoms with Crippen LogP contribution in [0.4, 0.5) is 0 Å². The Bertz CT molecular complexity index is 201. The molecule has 0 amide bonds. The van der Waals surface area contributed by atoms with E-state index >= 15 is 0 Å². The SMILES string of the molecule is C=CC1CCC(COC2CCCCO2)CC1. The fourth-order valence-corrected chi connectivity index (χ4v) is 2.68. The highest BCUT2D eigenvalue weighted by Crippen LogP contribution is 2.30. The second-order valence-corrected chi connectivity index (χ2v) is 5.15. The van der Waals surface area contributed by atoms with Gasteiger partial charge in [-0.3, -0.25) is 0 Å². The highest BCUT2D eigenvalue weighted by molar-refractivity contribution is 4.83. The van der Waals surface area contributed by atoms with Crippen LogP contribution >= 0.6 is 0 Å². The highest BCUT2D eigenvalue weighted by atomic mass is 16.7. The Morgan fingerprint density at radius 1 is 1.12 bits per heavy atom. The van der Waals surface area contributed by atoms with Gasteiger partial charge in [-0.15, -0.1) is 6.58 Å². The van der Waals surface area contributed by atoms with Crippen LogP contribution in [0, 0.1) is 11.8 Å². The van der Waals surface area contributed by atoms with Gasteiger partial charge in [0.1, 0.15) is 0 Å². The van der Waals surface area contributed by atoms with Gasteiger partial charge in [-0.05, 0) is 56.8 Å². The first kappa shape index (κ1) is 12.1. The average Bonchev–Trinajstić information content (AvgIpc) is 2.38. The van der Waals surface area contributed by atoms with Crippen molar-refractivity contribution in [2.24, 2.45) is 11.8 Å². The van der Waals surface area contributed by atoms with Gasteiger partial charge in [0.05, 0.1) is 6.61 Å². The number of ether oxygens (including phenoxy) is 2. The van der Waals surface area contributed by atoms with Crippen LogP contribution in [0.3, 0.4) is 0 Å². The molecule has 0 spiro atoms. The second-order valence-electron chi connectivity index (χ2n) is 5.15. The molecule has 1 saturated heterocycles. The molecule has 1 aliphatic carbocycles. The standard InChI is InChI=1S/C14H24O2/c1-2-12-6-8-13(9-7-12)11-16-14-5-3-4-10-15-14/h2,12-14H,1,3-11H2. The lowest BCUT2D eigenvalue weighted by atomic mass is 9.82.